The number of fused-ring (bicyclic) bond motifs is 1. The van der Waals surface area contributed by atoms with Crippen molar-refractivity contribution >= 4 is 56.4 Å². The summed E-state index contributed by atoms with van der Waals surface area (Å²) in [5.74, 6) is -0.618. The van der Waals surface area contributed by atoms with Crippen LogP contribution in [0.1, 0.15) is 16.7 Å². The molecule has 0 aliphatic heterocycles. The predicted octanol–water partition coefficient (Wildman–Crippen LogP) is 2.80. The zero-order chi connectivity index (χ0) is 24.3. The average Bonchev–Trinajstić information content (AvgIpc) is 2.82. The van der Waals surface area contributed by atoms with Gasteiger partial charge in [0.05, 0.1) is 5.69 Å². The Bertz CT molecular complexity index is 1520. The van der Waals surface area contributed by atoms with Crippen molar-refractivity contribution in [3.05, 3.63) is 87.8 Å². The summed E-state index contributed by atoms with van der Waals surface area (Å²) in [5.41, 5.74) is -1.15. The van der Waals surface area contributed by atoms with Gasteiger partial charge >= 0.3 is 41.2 Å². The molecule has 2 N–H and O–H groups in total. The molecule has 13 heteroatoms. The molecule has 0 atom stereocenters. The van der Waals surface area contributed by atoms with Crippen LogP contribution in [0.2, 0.25) is 0 Å². The van der Waals surface area contributed by atoms with Gasteiger partial charge in [0.2, 0.25) is 0 Å². The molecule has 0 saturated heterocycles. The van der Waals surface area contributed by atoms with Crippen molar-refractivity contribution in [2.24, 2.45) is 0 Å². The molecule has 0 fully saturated rings. The summed E-state index contributed by atoms with van der Waals surface area (Å²) >= 11 is 0. The van der Waals surface area contributed by atoms with Crippen molar-refractivity contribution in [3.8, 4) is 11.8 Å². The minimum atomic E-state index is -3.96. The van der Waals surface area contributed by atoms with Gasteiger partial charge in [-0.2, -0.15) is 8.42 Å². The molecule has 0 aliphatic carbocycles. The first-order valence-corrected chi connectivity index (χ1v) is 11.4. The van der Waals surface area contributed by atoms with Crippen LogP contribution in [0.5, 0.6) is 11.8 Å². The molecule has 0 spiro atoms. The molecule has 0 unspecified atom stereocenters. The van der Waals surface area contributed by atoms with Gasteiger partial charge in [0.25, 0.3) is 10.2 Å². The number of ether oxygens (including phenoxy) is 1. The van der Waals surface area contributed by atoms with Crippen LogP contribution in [-0.4, -0.2) is 55.0 Å². The van der Waals surface area contributed by atoms with Gasteiger partial charge in [-0.3, -0.25) is 4.72 Å². The molecule has 0 aliphatic rings. The van der Waals surface area contributed by atoms with Gasteiger partial charge in [-0.05, 0) is 29.8 Å². The fraction of sp³-hybridized carbons (Fsp3) is 0.136. The van der Waals surface area contributed by atoms with E-state index in [2.05, 4.69) is 9.97 Å². The van der Waals surface area contributed by atoms with Crippen LogP contribution in [0, 0.1) is 5.82 Å². The van der Waals surface area contributed by atoms with Crippen LogP contribution >= 0.6 is 0 Å². The van der Waals surface area contributed by atoms with E-state index in [1.54, 1.807) is 6.07 Å². The molecule has 2 aromatic carbocycles. The molecule has 0 saturated carbocycles. The van der Waals surface area contributed by atoms with E-state index in [0.29, 0.717) is 5.39 Å². The molecule has 4 aromatic rings. The minimum absolute atomic E-state index is 0. The second-order valence-corrected chi connectivity index (χ2v) is 8.66. The van der Waals surface area contributed by atoms with Crippen LogP contribution in [0.4, 0.5) is 14.5 Å². The Hall–Kier alpha value is -2.90. The van der Waals surface area contributed by atoms with E-state index < -0.39 is 28.3 Å². The number of anilines is 1. The molecule has 0 bridgehead atoms. The van der Waals surface area contributed by atoms with Gasteiger partial charge in [-0.25, -0.2) is 28.3 Å². The van der Waals surface area contributed by atoms with E-state index in [-0.39, 0.29) is 75.7 Å². The first kappa shape index (κ1) is 26.7. The third-order valence-electron chi connectivity index (χ3n) is 4.94. The number of nitrogens with one attached hydrogen (secondary N) is 2. The molecule has 0 amide bonds. The van der Waals surface area contributed by atoms with Crippen LogP contribution in [0.3, 0.4) is 0 Å². The molecule has 178 valence electrons. The van der Waals surface area contributed by atoms with Crippen molar-refractivity contribution < 1.29 is 26.4 Å². The fourth-order valence-electron chi connectivity index (χ4n) is 3.30. The Morgan fingerprint density at radius 3 is 2.51 bits per heavy atom. The van der Waals surface area contributed by atoms with E-state index in [0.717, 1.165) is 0 Å². The maximum atomic E-state index is 15.0. The Morgan fingerprint density at radius 1 is 1.09 bits per heavy atom. The number of rotatable bonds is 8. The molecular weight excluding hydrogens is 493 g/mol. The standard InChI is InChI=1S/C22H18F2N4O5S.Na.H/c1-25-34(30,31)28-18-5-2-4-13(20(18)24)10-16-17(12-23)15-7-6-14(11-19(15)33-21(16)29)32-22-26-8-3-9-27-22;;/h2-9,11,25,28H,10,12H2,1H3;;. The van der Waals surface area contributed by atoms with Gasteiger partial charge in [0.1, 0.15) is 18.0 Å². The summed E-state index contributed by atoms with van der Waals surface area (Å²) in [4.78, 5) is 20.6. The number of nitrogens with zero attached hydrogens (tertiary/aromatic N) is 2. The number of hydrogen-bond donors (Lipinski definition) is 2. The zero-order valence-electron chi connectivity index (χ0n) is 17.7. The third-order valence-corrected chi connectivity index (χ3v) is 5.96. The average molecular weight is 512 g/mol. The Labute approximate surface area is 221 Å². The van der Waals surface area contributed by atoms with E-state index in [1.807, 2.05) is 9.44 Å². The summed E-state index contributed by atoms with van der Waals surface area (Å²) in [6.07, 6.45) is 2.68. The molecule has 9 nitrogen and oxygen atoms in total. The quantitative estimate of drug-likeness (QED) is 0.275. The topological polar surface area (TPSA) is 123 Å². The van der Waals surface area contributed by atoms with Crippen molar-refractivity contribution in [1.29, 1.82) is 0 Å². The number of benzene rings is 2. The number of halogens is 2. The van der Waals surface area contributed by atoms with Crippen LogP contribution in [-0.2, 0) is 23.3 Å². The fourth-order valence-corrected chi connectivity index (χ4v) is 3.85. The summed E-state index contributed by atoms with van der Waals surface area (Å²) in [7, 11) is -2.79. The number of hydrogen-bond acceptors (Lipinski definition) is 7. The molecule has 35 heavy (non-hydrogen) atoms. The number of alkyl halides is 1. The molecular formula is C22H19F2N4NaO5S. The van der Waals surface area contributed by atoms with Crippen molar-refractivity contribution in [3.63, 3.8) is 0 Å². The molecule has 2 heterocycles. The van der Waals surface area contributed by atoms with Crippen LogP contribution in [0.15, 0.2) is 64.1 Å². The van der Waals surface area contributed by atoms with Gasteiger partial charge in [-0.1, -0.05) is 12.1 Å². The van der Waals surface area contributed by atoms with Crippen molar-refractivity contribution in [2.75, 3.05) is 11.8 Å². The van der Waals surface area contributed by atoms with Gasteiger partial charge < -0.3 is 9.15 Å². The summed E-state index contributed by atoms with van der Waals surface area (Å²) < 4.78 is 67.4. The van der Waals surface area contributed by atoms with Gasteiger partial charge in [0.15, 0.2) is 5.82 Å². The monoisotopic (exact) mass is 512 g/mol. The summed E-state index contributed by atoms with van der Waals surface area (Å²) in [6.45, 7) is -1.01. The maximum absolute atomic E-state index is 15.0. The number of aromatic nitrogens is 2. The predicted molar refractivity (Wildman–Crippen MR) is 127 cm³/mol. The zero-order valence-corrected chi connectivity index (χ0v) is 18.5. The second kappa shape index (κ2) is 11.2. The molecule has 4 rings (SSSR count). The van der Waals surface area contributed by atoms with E-state index >= 15 is 0 Å². The van der Waals surface area contributed by atoms with Gasteiger partial charge in [-0.15, -0.1) is 0 Å². The van der Waals surface area contributed by atoms with Crippen molar-refractivity contribution in [1.82, 2.24) is 14.7 Å². The Morgan fingerprint density at radius 2 is 1.83 bits per heavy atom. The summed E-state index contributed by atoms with van der Waals surface area (Å²) in [5, 5.41) is 0.311. The normalized spacial score (nSPS) is 11.2. The van der Waals surface area contributed by atoms with Gasteiger partial charge in [0, 0.05) is 48.4 Å². The third kappa shape index (κ3) is 6.03. The van der Waals surface area contributed by atoms with E-state index in [1.165, 1.54) is 55.8 Å². The Balaban J connectivity index is 0.00000342. The van der Waals surface area contributed by atoms with E-state index in [4.69, 9.17) is 9.15 Å². The van der Waals surface area contributed by atoms with Crippen LogP contribution < -0.4 is 19.8 Å². The van der Waals surface area contributed by atoms with Crippen molar-refractivity contribution in [2.45, 2.75) is 13.1 Å². The first-order chi connectivity index (χ1) is 16.3. The second-order valence-electron chi connectivity index (χ2n) is 7.04. The molecule has 2 aromatic heterocycles. The SMILES string of the molecule is CNS(=O)(=O)Nc1cccc(Cc2c(CF)c3ccc(Oc4ncccn4)cc3oc2=O)c1F.[NaH]. The Kier molecular flexibility index (Phi) is 8.56. The molecule has 0 radical (unpaired) electrons. The summed E-state index contributed by atoms with van der Waals surface area (Å²) in [6, 6.07) is 10.2. The first-order valence-electron chi connectivity index (χ1n) is 9.89. The van der Waals surface area contributed by atoms with E-state index in [9.17, 15) is 22.0 Å². The van der Waals surface area contributed by atoms with Crippen LogP contribution in [0.25, 0.3) is 11.0 Å².